The second-order valence-electron chi connectivity index (χ2n) is 13.5. The highest BCUT2D eigenvalue weighted by Crippen LogP contribution is 2.62. The first-order chi connectivity index (χ1) is 25.3. The minimum Gasteiger partial charge on any atom is -0.457 e. The molecule has 0 unspecified atom stereocenters. The molecule has 0 N–H and O–H groups in total. The van der Waals surface area contributed by atoms with E-state index in [4.69, 9.17) is 9.72 Å². The molecule has 1 aliphatic carbocycles. The molecule has 2 aromatic heterocycles. The molecule has 51 heavy (non-hydrogen) atoms. The number of hydrogen-bond acceptors (Lipinski definition) is 2. The molecule has 9 aromatic rings. The maximum Gasteiger partial charge on any atom is 0.138 e. The van der Waals surface area contributed by atoms with Gasteiger partial charge in [0.15, 0.2) is 0 Å². The Morgan fingerprint density at radius 3 is 1.76 bits per heavy atom. The minimum absolute atomic E-state index is 0.527. The topological polar surface area (TPSA) is 27.1 Å². The molecule has 1 spiro atoms. The van der Waals surface area contributed by atoms with Gasteiger partial charge < -0.3 is 4.74 Å². The molecule has 238 valence electrons. The molecule has 0 bridgehead atoms. The molecule has 0 saturated heterocycles. The molecule has 11 rings (SSSR count). The molecule has 7 aromatic carbocycles. The van der Waals surface area contributed by atoms with E-state index in [0.717, 1.165) is 56.3 Å². The number of benzene rings is 7. The maximum atomic E-state index is 6.94. The number of ether oxygens (including phenoxy) is 1. The number of rotatable bonds is 3. The van der Waals surface area contributed by atoms with Crippen molar-refractivity contribution in [2.24, 2.45) is 0 Å². The molecule has 0 fully saturated rings. The van der Waals surface area contributed by atoms with Crippen LogP contribution in [0.25, 0.3) is 61.1 Å². The summed E-state index contributed by atoms with van der Waals surface area (Å²) in [6.07, 6.45) is 0. The van der Waals surface area contributed by atoms with E-state index in [1.165, 1.54) is 38.6 Å². The van der Waals surface area contributed by atoms with Crippen molar-refractivity contribution in [3.8, 4) is 50.8 Å². The standard InChI is InChI=1S/C48H30N2O/c1-3-15-31(16-4-1)33-27-42(32-17-5-2-6-18-32)49-47(28-33)50-43-25-13-9-21-36(43)37-29-41-46(30-44(37)50)51-45-26-14-12-24-40(45)48(41)38-22-10-7-19-34(38)35-20-8-11-23-39(35)48/h1-30H. The second kappa shape index (κ2) is 10.6. The number of pyridine rings is 1. The lowest BCUT2D eigenvalue weighted by atomic mass is 9.66. The van der Waals surface area contributed by atoms with Crippen molar-refractivity contribution in [2.45, 2.75) is 5.41 Å². The van der Waals surface area contributed by atoms with Gasteiger partial charge in [0, 0.05) is 33.5 Å². The summed E-state index contributed by atoms with van der Waals surface area (Å²) in [5.74, 6) is 2.61. The fourth-order valence-corrected chi connectivity index (χ4v) is 8.75. The molecule has 3 heteroatoms. The predicted octanol–water partition coefficient (Wildman–Crippen LogP) is 12.0. The highest BCUT2D eigenvalue weighted by atomic mass is 16.5. The van der Waals surface area contributed by atoms with Crippen molar-refractivity contribution in [1.82, 2.24) is 9.55 Å². The van der Waals surface area contributed by atoms with Gasteiger partial charge in [-0.05, 0) is 63.7 Å². The van der Waals surface area contributed by atoms with Gasteiger partial charge in [-0.3, -0.25) is 4.57 Å². The zero-order valence-corrected chi connectivity index (χ0v) is 27.6. The Morgan fingerprint density at radius 2 is 1.02 bits per heavy atom. The van der Waals surface area contributed by atoms with Crippen molar-refractivity contribution in [3.63, 3.8) is 0 Å². The smallest absolute Gasteiger partial charge is 0.138 e. The molecule has 2 aliphatic rings. The SMILES string of the molecule is c1ccc(-c2cc(-c3ccccc3)nc(-n3c4ccccc4c4cc5c(cc43)Oc3ccccc3C53c4ccccc4-c4ccccc43)c2)cc1. The number of fused-ring (bicyclic) bond motifs is 12. The van der Waals surface area contributed by atoms with Crippen LogP contribution in [0.15, 0.2) is 182 Å². The monoisotopic (exact) mass is 650 g/mol. The largest absolute Gasteiger partial charge is 0.457 e. The van der Waals surface area contributed by atoms with E-state index >= 15 is 0 Å². The van der Waals surface area contributed by atoms with Crippen LogP contribution in [0.1, 0.15) is 22.3 Å². The number of para-hydroxylation sites is 2. The summed E-state index contributed by atoms with van der Waals surface area (Å²) >= 11 is 0. The Bertz CT molecular complexity index is 2730. The third-order valence-electron chi connectivity index (χ3n) is 10.9. The van der Waals surface area contributed by atoms with Gasteiger partial charge in [-0.2, -0.15) is 0 Å². The first-order valence-corrected chi connectivity index (χ1v) is 17.5. The Morgan fingerprint density at radius 1 is 0.412 bits per heavy atom. The third kappa shape index (κ3) is 3.92. The Labute approximate surface area is 295 Å². The van der Waals surface area contributed by atoms with E-state index in [1.807, 2.05) is 6.07 Å². The summed E-state index contributed by atoms with van der Waals surface area (Å²) in [5, 5.41) is 2.35. The Balaban J connectivity index is 1.24. The fraction of sp³-hybridized carbons (Fsp3) is 0.0208. The van der Waals surface area contributed by atoms with Crippen LogP contribution in [0.2, 0.25) is 0 Å². The first kappa shape index (κ1) is 28.2. The average molecular weight is 651 g/mol. The normalized spacial score (nSPS) is 13.4. The molecule has 3 heterocycles. The van der Waals surface area contributed by atoms with Gasteiger partial charge in [-0.1, -0.05) is 146 Å². The summed E-state index contributed by atoms with van der Waals surface area (Å²) in [4.78, 5) is 5.37. The predicted molar refractivity (Wildman–Crippen MR) is 207 cm³/mol. The zero-order valence-electron chi connectivity index (χ0n) is 27.6. The molecule has 3 nitrogen and oxygen atoms in total. The summed E-state index contributed by atoms with van der Waals surface area (Å²) < 4.78 is 9.26. The van der Waals surface area contributed by atoms with Gasteiger partial charge >= 0.3 is 0 Å². The van der Waals surface area contributed by atoms with Crippen molar-refractivity contribution in [3.05, 3.63) is 204 Å². The van der Waals surface area contributed by atoms with E-state index in [0.29, 0.717) is 0 Å². The summed E-state index contributed by atoms with van der Waals surface area (Å²) in [6, 6.07) is 65.1. The Kier molecular flexibility index (Phi) is 5.88. The van der Waals surface area contributed by atoms with E-state index in [2.05, 4.69) is 180 Å². The van der Waals surface area contributed by atoms with Crippen LogP contribution in [-0.4, -0.2) is 9.55 Å². The van der Waals surface area contributed by atoms with Gasteiger partial charge in [-0.25, -0.2) is 4.98 Å². The lowest BCUT2D eigenvalue weighted by Crippen LogP contribution is -2.32. The lowest BCUT2D eigenvalue weighted by Gasteiger charge is -2.39. The highest BCUT2D eigenvalue weighted by Gasteiger charge is 2.51. The van der Waals surface area contributed by atoms with Gasteiger partial charge in [0.1, 0.15) is 17.3 Å². The maximum absolute atomic E-state index is 6.94. The molecular weight excluding hydrogens is 621 g/mol. The van der Waals surface area contributed by atoms with Crippen molar-refractivity contribution < 1.29 is 4.74 Å². The highest BCUT2D eigenvalue weighted by molar-refractivity contribution is 6.10. The third-order valence-corrected chi connectivity index (χ3v) is 10.9. The van der Waals surface area contributed by atoms with E-state index < -0.39 is 5.41 Å². The minimum atomic E-state index is -0.527. The number of hydrogen-bond donors (Lipinski definition) is 0. The fourth-order valence-electron chi connectivity index (χ4n) is 8.75. The van der Waals surface area contributed by atoms with Gasteiger partial charge in [0.05, 0.1) is 22.1 Å². The van der Waals surface area contributed by atoms with E-state index in [1.54, 1.807) is 0 Å². The van der Waals surface area contributed by atoms with Crippen LogP contribution < -0.4 is 4.74 Å². The quantitative estimate of drug-likeness (QED) is 0.190. The van der Waals surface area contributed by atoms with Crippen molar-refractivity contribution in [2.75, 3.05) is 0 Å². The van der Waals surface area contributed by atoms with E-state index in [-0.39, 0.29) is 0 Å². The zero-order chi connectivity index (χ0) is 33.5. The molecule has 0 saturated carbocycles. The summed E-state index contributed by atoms with van der Waals surface area (Å²) in [7, 11) is 0. The van der Waals surface area contributed by atoms with Gasteiger partial charge in [0.2, 0.25) is 0 Å². The van der Waals surface area contributed by atoms with E-state index in [9.17, 15) is 0 Å². The molecule has 0 atom stereocenters. The van der Waals surface area contributed by atoms with Gasteiger partial charge in [0.25, 0.3) is 0 Å². The molecule has 0 radical (unpaired) electrons. The average Bonchev–Trinajstić information content (AvgIpc) is 3.68. The molecular formula is C48H30N2O. The van der Waals surface area contributed by atoms with Crippen LogP contribution >= 0.6 is 0 Å². The van der Waals surface area contributed by atoms with Crippen molar-refractivity contribution in [1.29, 1.82) is 0 Å². The lowest BCUT2D eigenvalue weighted by molar-refractivity contribution is 0.437. The number of nitrogens with zero attached hydrogens (tertiary/aromatic N) is 2. The second-order valence-corrected chi connectivity index (χ2v) is 13.5. The number of aromatic nitrogens is 2. The van der Waals surface area contributed by atoms with Crippen LogP contribution in [0.4, 0.5) is 0 Å². The summed E-state index contributed by atoms with van der Waals surface area (Å²) in [5.41, 5.74) is 13.4. The van der Waals surface area contributed by atoms with Crippen molar-refractivity contribution >= 4 is 21.8 Å². The first-order valence-electron chi connectivity index (χ1n) is 17.5. The summed E-state index contributed by atoms with van der Waals surface area (Å²) in [6.45, 7) is 0. The molecule has 1 aliphatic heterocycles. The Hall–Kier alpha value is -6.71. The van der Waals surface area contributed by atoms with Crippen LogP contribution in [-0.2, 0) is 5.41 Å². The van der Waals surface area contributed by atoms with Gasteiger partial charge in [-0.15, -0.1) is 0 Å². The van der Waals surface area contributed by atoms with Crippen LogP contribution in [0.3, 0.4) is 0 Å². The molecule has 0 amide bonds. The van der Waals surface area contributed by atoms with Crippen LogP contribution in [0.5, 0.6) is 11.5 Å². The van der Waals surface area contributed by atoms with Crippen LogP contribution in [0, 0.1) is 0 Å².